The van der Waals surface area contributed by atoms with Crippen LogP contribution in [0.25, 0.3) is 11.1 Å². The minimum Gasteiger partial charge on any atom is -0.381 e. The number of benzene rings is 2. The highest BCUT2D eigenvalue weighted by atomic mass is 19.1. The van der Waals surface area contributed by atoms with Gasteiger partial charge in [0.1, 0.15) is 11.6 Å². The average molecular weight is 429 g/mol. The molecule has 166 valence electrons. The number of rotatable bonds is 5. The highest BCUT2D eigenvalue weighted by molar-refractivity contribution is 5.83. The molecule has 0 bridgehead atoms. The van der Waals surface area contributed by atoms with E-state index in [1.165, 1.54) is 18.2 Å². The lowest BCUT2D eigenvalue weighted by Gasteiger charge is -2.38. The minimum atomic E-state index is -0.585. The maximum absolute atomic E-state index is 14.3. The number of nitrogens with zero attached hydrogens (tertiary/aromatic N) is 1. The summed E-state index contributed by atoms with van der Waals surface area (Å²) in [4.78, 5) is 15.7. The molecule has 0 spiro atoms. The maximum Gasteiger partial charge on any atom is 0.226 e. The fraction of sp³-hybridized carbons (Fsp3) is 0.480. The van der Waals surface area contributed by atoms with Gasteiger partial charge in [0.05, 0.1) is 11.0 Å². The second-order valence-corrected chi connectivity index (χ2v) is 8.92. The number of carbonyl (C=O) groups excluding carboxylic acids is 1. The summed E-state index contributed by atoms with van der Waals surface area (Å²) in [6.07, 6.45) is 3.72. The Morgan fingerprint density at radius 2 is 1.74 bits per heavy atom. The van der Waals surface area contributed by atoms with Crippen LogP contribution in [-0.2, 0) is 16.0 Å². The van der Waals surface area contributed by atoms with E-state index < -0.39 is 17.0 Å². The Kier molecular flexibility index (Phi) is 6.68. The van der Waals surface area contributed by atoms with Crippen LogP contribution < -0.4 is 5.32 Å². The average Bonchev–Trinajstić information content (AvgIpc) is 2.76. The maximum atomic E-state index is 14.3. The fourth-order valence-corrected chi connectivity index (χ4v) is 4.74. The molecule has 2 aromatic carbocycles. The Bertz CT molecular complexity index is 899. The van der Waals surface area contributed by atoms with E-state index in [4.69, 9.17) is 4.74 Å². The van der Waals surface area contributed by atoms with Gasteiger partial charge in [0.15, 0.2) is 0 Å². The molecule has 2 aliphatic rings. The Balaban J connectivity index is 1.56. The van der Waals surface area contributed by atoms with Crippen LogP contribution in [-0.4, -0.2) is 50.2 Å². The molecule has 1 N–H and O–H groups in total. The van der Waals surface area contributed by atoms with E-state index in [1.54, 1.807) is 12.1 Å². The normalized spacial score (nSPS) is 19.8. The Morgan fingerprint density at radius 1 is 1.10 bits per heavy atom. The number of likely N-dealkylation sites (tertiary alicyclic amines) is 1. The van der Waals surface area contributed by atoms with Gasteiger partial charge < -0.3 is 15.0 Å². The number of piperidine rings is 1. The van der Waals surface area contributed by atoms with Gasteiger partial charge in [-0.25, -0.2) is 8.78 Å². The second kappa shape index (κ2) is 9.45. The molecule has 4 nitrogen and oxygen atoms in total. The molecule has 2 aromatic rings. The number of hydrogen-bond donors (Lipinski definition) is 1. The third-order valence-electron chi connectivity index (χ3n) is 6.71. The molecule has 0 unspecified atom stereocenters. The Morgan fingerprint density at radius 3 is 2.42 bits per heavy atom. The molecular weight excluding hydrogens is 398 g/mol. The van der Waals surface area contributed by atoms with Crippen LogP contribution in [0.5, 0.6) is 0 Å². The van der Waals surface area contributed by atoms with E-state index in [0.717, 1.165) is 31.5 Å². The van der Waals surface area contributed by atoms with Gasteiger partial charge in [0.25, 0.3) is 0 Å². The van der Waals surface area contributed by atoms with E-state index in [1.807, 2.05) is 12.1 Å². The monoisotopic (exact) mass is 428 g/mol. The molecule has 4 rings (SSSR count). The summed E-state index contributed by atoms with van der Waals surface area (Å²) in [6, 6.07) is 11.3. The molecule has 6 heteroatoms. The standard InChI is InChI=1S/C25H30F2N2O2/c1-29-12-8-20(9-13-29)28-24(30)25(10-14-31-15-11-25)17-18-4-2-5-19(16-18)23-21(26)6-3-7-22(23)27/h2-7,16,20H,8-15,17H2,1H3,(H,28,30). The zero-order valence-corrected chi connectivity index (χ0v) is 18.0. The lowest BCUT2D eigenvalue weighted by molar-refractivity contribution is -0.137. The van der Waals surface area contributed by atoms with Crippen LogP contribution in [0, 0.1) is 17.0 Å². The molecule has 0 saturated carbocycles. The smallest absolute Gasteiger partial charge is 0.226 e. The first kappa shape index (κ1) is 21.9. The van der Waals surface area contributed by atoms with Crippen molar-refractivity contribution in [2.75, 3.05) is 33.4 Å². The van der Waals surface area contributed by atoms with Gasteiger partial charge >= 0.3 is 0 Å². The predicted molar refractivity (Wildman–Crippen MR) is 117 cm³/mol. The largest absolute Gasteiger partial charge is 0.381 e. The van der Waals surface area contributed by atoms with Crippen molar-refractivity contribution in [1.29, 1.82) is 0 Å². The highest BCUT2D eigenvalue weighted by Gasteiger charge is 2.41. The molecule has 31 heavy (non-hydrogen) atoms. The van der Waals surface area contributed by atoms with Gasteiger partial charge in [-0.3, -0.25) is 4.79 Å². The number of hydrogen-bond acceptors (Lipinski definition) is 3. The van der Waals surface area contributed by atoms with Gasteiger partial charge in [-0.15, -0.1) is 0 Å². The SMILES string of the molecule is CN1CCC(NC(=O)C2(Cc3cccc(-c4c(F)cccc4F)c3)CCOCC2)CC1. The summed E-state index contributed by atoms with van der Waals surface area (Å²) in [5.74, 6) is -1.09. The number of ether oxygens (including phenoxy) is 1. The van der Waals surface area contributed by atoms with Crippen molar-refractivity contribution in [3.8, 4) is 11.1 Å². The van der Waals surface area contributed by atoms with E-state index in [9.17, 15) is 13.6 Å². The summed E-state index contributed by atoms with van der Waals surface area (Å²) >= 11 is 0. The van der Waals surface area contributed by atoms with Crippen molar-refractivity contribution in [3.05, 3.63) is 59.7 Å². The van der Waals surface area contributed by atoms with Crippen LogP contribution in [0.2, 0.25) is 0 Å². The van der Waals surface area contributed by atoms with Gasteiger partial charge in [0.2, 0.25) is 5.91 Å². The number of carbonyl (C=O) groups is 1. The molecule has 0 radical (unpaired) electrons. The van der Waals surface area contributed by atoms with Crippen molar-refractivity contribution < 1.29 is 18.3 Å². The van der Waals surface area contributed by atoms with E-state index in [0.29, 0.717) is 38.0 Å². The lowest BCUT2D eigenvalue weighted by atomic mass is 9.74. The molecule has 2 saturated heterocycles. The minimum absolute atomic E-state index is 0.0267. The Labute approximate surface area is 182 Å². The van der Waals surface area contributed by atoms with Crippen molar-refractivity contribution in [2.45, 2.75) is 38.1 Å². The molecule has 2 aliphatic heterocycles. The van der Waals surface area contributed by atoms with Gasteiger partial charge in [0, 0.05) is 19.3 Å². The van der Waals surface area contributed by atoms with Crippen molar-refractivity contribution in [3.63, 3.8) is 0 Å². The van der Waals surface area contributed by atoms with Crippen LogP contribution >= 0.6 is 0 Å². The fourth-order valence-electron chi connectivity index (χ4n) is 4.74. The second-order valence-electron chi connectivity index (χ2n) is 8.92. The summed E-state index contributed by atoms with van der Waals surface area (Å²) < 4.78 is 34.1. The van der Waals surface area contributed by atoms with Gasteiger partial charge in [-0.1, -0.05) is 30.3 Å². The first-order valence-electron chi connectivity index (χ1n) is 11.1. The molecule has 0 aromatic heterocycles. The molecule has 2 fully saturated rings. The van der Waals surface area contributed by atoms with E-state index in [2.05, 4.69) is 17.3 Å². The van der Waals surface area contributed by atoms with Gasteiger partial charge in [-0.2, -0.15) is 0 Å². The number of halogens is 2. The van der Waals surface area contributed by atoms with Crippen molar-refractivity contribution >= 4 is 5.91 Å². The van der Waals surface area contributed by atoms with Crippen LogP contribution in [0.15, 0.2) is 42.5 Å². The third kappa shape index (κ3) is 4.96. The summed E-state index contributed by atoms with van der Waals surface area (Å²) in [5, 5.41) is 3.29. The third-order valence-corrected chi connectivity index (χ3v) is 6.71. The summed E-state index contributed by atoms with van der Waals surface area (Å²) in [5.41, 5.74) is 0.807. The first-order valence-corrected chi connectivity index (χ1v) is 11.1. The lowest BCUT2D eigenvalue weighted by Crippen LogP contribution is -2.51. The van der Waals surface area contributed by atoms with E-state index >= 15 is 0 Å². The molecular formula is C25H30F2N2O2. The van der Waals surface area contributed by atoms with Crippen LogP contribution in [0.1, 0.15) is 31.2 Å². The van der Waals surface area contributed by atoms with Crippen molar-refractivity contribution in [2.24, 2.45) is 5.41 Å². The molecule has 2 heterocycles. The topological polar surface area (TPSA) is 41.6 Å². The quantitative estimate of drug-likeness (QED) is 0.777. The molecule has 0 aliphatic carbocycles. The highest BCUT2D eigenvalue weighted by Crippen LogP contribution is 2.36. The van der Waals surface area contributed by atoms with Crippen LogP contribution in [0.4, 0.5) is 8.78 Å². The number of nitrogens with one attached hydrogen (secondary N) is 1. The summed E-state index contributed by atoms with van der Waals surface area (Å²) in [7, 11) is 2.10. The van der Waals surface area contributed by atoms with Gasteiger partial charge in [-0.05, 0) is 75.5 Å². The van der Waals surface area contributed by atoms with Crippen molar-refractivity contribution in [1.82, 2.24) is 10.2 Å². The molecule has 0 atom stereocenters. The number of amides is 1. The van der Waals surface area contributed by atoms with Crippen LogP contribution in [0.3, 0.4) is 0 Å². The zero-order valence-electron chi connectivity index (χ0n) is 18.0. The first-order chi connectivity index (χ1) is 15.0. The predicted octanol–water partition coefficient (Wildman–Crippen LogP) is 4.18. The molecule has 1 amide bonds. The Hall–Kier alpha value is -2.31. The van der Waals surface area contributed by atoms with E-state index in [-0.39, 0.29) is 17.5 Å². The summed E-state index contributed by atoms with van der Waals surface area (Å²) in [6.45, 7) is 3.06. The zero-order chi connectivity index (χ0) is 21.8.